The average molecular weight is 777 g/mol. The molecule has 1 aliphatic heterocycles. The molecule has 1 unspecified atom stereocenters. The lowest BCUT2D eigenvalue weighted by molar-refractivity contribution is 0.00578. The van der Waals surface area contributed by atoms with Crippen molar-refractivity contribution in [3.05, 3.63) is 83.2 Å². The standard InChI is InChI=1S/C41H54BFN2O7SSi/c1-39(2,3)54(10,11)50-34(29-14-12-13-15-32(29)42-51-40(4,5)41(6,7)52-42)22-23-45(53(9,47)48)33-25-35-31(24-30(33)26-16-17-26)36(38(46)44-8)37(49-35)27-18-20-28(43)21-19-27/h12-15,18-21,24-26,34H,16-17,22-23H2,1-11H3,(H,44,46). The Morgan fingerprint density at radius 1 is 1.04 bits per heavy atom. The fraction of sp³-hybridized carbons (Fsp3) is 0.488. The number of sulfonamides is 1. The van der Waals surface area contributed by atoms with E-state index in [0.717, 1.165) is 29.4 Å². The van der Waals surface area contributed by atoms with E-state index in [4.69, 9.17) is 18.2 Å². The molecular weight excluding hydrogens is 722 g/mol. The molecular formula is C41H54BFN2O7SSi. The van der Waals surface area contributed by atoms with E-state index in [1.54, 1.807) is 25.2 Å². The Bertz CT molecular complexity index is 2140. The number of furan rings is 1. The highest BCUT2D eigenvalue weighted by Gasteiger charge is 2.53. The third kappa shape index (κ3) is 7.80. The SMILES string of the molecule is CNC(=O)c1c(-c2ccc(F)cc2)oc2cc(N(CCC(O[Si](C)(C)C(C)(C)C)c3ccccc3B3OC(C)(C)C(C)(C)O3)S(C)(=O)=O)c(C3CC3)cc12. The van der Waals surface area contributed by atoms with Gasteiger partial charge in [0.05, 0.1) is 34.8 Å². The van der Waals surface area contributed by atoms with Crippen LogP contribution in [0, 0.1) is 5.82 Å². The van der Waals surface area contributed by atoms with Gasteiger partial charge in [-0.25, -0.2) is 12.8 Å². The minimum Gasteiger partial charge on any atom is -0.455 e. The molecule has 0 spiro atoms. The van der Waals surface area contributed by atoms with Crippen LogP contribution in [0.15, 0.2) is 65.1 Å². The maximum absolute atomic E-state index is 13.9. The van der Waals surface area contributed by atoms with Crippen LogP contribution in [0.3, 0.4) is 0 Å². The maximum Gasteiger partial charge on any atom is 0.495 e. The van der Waals surface area contributed by atoms with Gasteiger partial charge in [0.2, 0.25) is 10.0 Å². The van der Waals surface area contributed by atoms with Gasteiger partial charge < -0.3 is 23.5 Å². The smallest absolute Gasteiger partial charge is 0.455 e. The van der Waals surface area contributed by atoms with Crippen molar-refractivity contribution < 1.29 is 35.8 Å². The Kier molecular flexibility index (Phi) is 10.6. The van der Waals surface area contributed by atoms with Gasteiger partial charge in [0.1, 0.15) is 17.2 Å². The number of anilines is 1. The van der Waals surface area contributed by atoms with E-state index in [-0.39, 0.29) is 29.2 Å². The van der Waals surface area contributed by atoms with E-state index in [1.807, 2.05) is 58.0 Å². The van der Waals surface area contributed by atoms with Gasteiger partial charge >= 0.3 is 7.12 Å². The van der Waals surface area contributed by atoms with Crippen molar-refractivity contribution >= 4 is 53.5 Å². The molecule has 0 radical (unpaired) electrons. The van der Waals surface area contributed by atoms with Crippen molar-refractivity contribution in [1.29, 1.82) is 0 Å². The summed E-state index contributed by atoms with van der Waals surface area (Å²) in [6, 6.07) is 17.4. The number of carbonyl (C=O) groups excluding carboxylic acids is 1. The summed E-state index contributed by atoms with van der Waals surface area (Å²) in [6.07, 6.45) is 2.88. The summed E-state index contributed by atoms with van der Waals surface area (Å²) < 4.78 is 69.7. The van der Waals surface area contributed by atoms with E-state index in [1.165, 1.54) is 22.7 Å². The second-order valence-corrected chi connectivity index (χ2v) is 23.9. The van der Waals surface area contributed by atoms with Crippen molar-refractivity contribution in [1.82, 2.24) is 5.32 Å². The Labute approximate surface area is 321 Å². The lowest BCUT2D eigenvalue weighted by Gasteiger charge is -2.40. The molecule has 1 aromatic heterocycles. The Morgan fingerprint density at radius 2 is 1.65 bits per heavy atom. The molecule has 2 heterocycles. The molecule has 1 N–H and O–H groups in total. The van der Waals surface area contributed by atoms with Crippen LogP contribution in [0.1, 0.15) is 101 Å². The van der Waals surface area contributed by atoms with Crippen molar-refractivity contribution in [2.24, 2.45) is 0 Å². The first kappa shape index (κ1) is 40.2. The van der Waals surface area contributed by atoms with E-state index in [0.29, 0.717) is 34.2 Å². The minimum absolute atomic E-state index is 0.116. The first-order valence-corrected chi connectivity index (χ1v) is 23.5. The summed E-state index contributed by atoms with van der Waals surface area (Å²) in [5.74, 6) is -0.350. The van der Waals surface area contributed by atoms with Crippen LogP contribution in [0.25, 0.3) is 22.3 Å². The van der Waals surface area contributed by atoms with E-state index >= 15 is 0 Å². The second kappa shape index (κ2) is 14.2. The number of nitrogens with zero attached hydrogens (tertiary/aromatic N) is 1. The van der Waals surface area contributed by atoms with Gasteiger partial charge in [0, 0.05) is 30.6 Å². The molecule has 13 heteroatoms. The zero-order valence-electron chi connectivity index (χ0n) is 33.4. The number of nitrogens with one attached hydrogen (secondary N) is 1. The van der Waals surface area contributed by atoms with Gasteiger partial charge in [-0.1, -0.05) is 45.0 Å². The molecule has 1 saturated carbocycles. The molecule has 9 nitrogen and oxygen atoms in total. The molecule has 1 saturated heterocycles. The Morgan fingerprint density at radius 3 is 2.20 bits per heavy atom. The van der Waals surface area contributed by atoms with Crippen LogP contribution in [-0.2, 0) is 23.8 Å². The molecule has 1 aliphatic carbocycles. The second-order valence-electron chi connectivity index (χ2n) is 17.3. The first-order chi connectivity index (χ1) is 25.0. The number of halogens is 1. The van der Waals surface area contributed by atoms with Crippen molar-refractivity contribution in [2.75, 3.05) is 24.2 Å². The molecule has 1 atom stereocenters. The van der Waals surface area contributed by atoms with E-state index in [9.17, 15) is 17.6 Å². The number of amides is 1. The number of carbonyl (C=O) groups is 1. The largest absolute Gasteiger partial charge is 0.495 e. The molecule has 3 aromatic carbocycles. The highest BCUT2D eigenvalue weighted by molar-refractivity contribution is 7.92. The summed E-state index contributed by atoms with van der Waals surface area (Å²) in [7, 11) is -5.31. The van der Waals surface area contributed by atoms with Gasteiger partial charge in [0.25, 0.3) is 5.91 Å². The first-order valence-electron chi connectivity index (χ1n) is 18.7. The van der Waals surface area contributed by atoms with Crippen LogP contribution in [-0.4, -0.2) is 60.8 Å². The van der Waals surface area contributed by atoms with Gasteiger partial charge in [-0.3, -0.25) is 9.10 Å². The maximum atomic E-state index is 13.9. The van der Waals surface area contributed by atoms with Gasteiger partial charge in [-0.15, -0.1) is 0 Å². The fourth-order valence-corrected chi connectivity index (χ4v) is 9.00. The fourth-order valence-electron chi connectivity index (χ4n) is 6.74. The molecule has 54 heavy (non-hydrogen) atoms. The molecule has 0 bridgehead atoms. The average Bonchev–Trinajstić information content (AvgIpc) is 3.81. The summed E-state index contributed by atoms with van der Waals surface area (Å²) in [6.45, 7) is 19.2. The highest BCUT2D eigenvalue weighted by Crippen LogP contribution is 2.49. The van der Waals surface area contributed by atoms with Crippen LogP contribution in [0.2, 0.25) is 18.1 Å². The number of benzene rings is 3. The van der Waals surface area contributed by atoms with Crippen molar-refractivity contribution in [3.8, 4) is 11.3 Å². The predicted octanol–water partition coefficient (Wildman–Crippen LogP) is 8.69. The Hall–Kier alpha value is -3.49. The van der Waals surface area contributed by atoms with Gasteiger partial charge in [-0.05, 0) is 118 Å². The summed E-state index contributed by atoms with van der Waals surface area (Å²) in [4.78, 5) is 13.3. The Balaban J connectivity index is 1.45. The van der Waals surface area contributed by atoms with Gasteiger partial charge in [0.15, 0.2) is 8.32 Å². The minimum atomic E-state index is -3.83. The number of hydrogen-bond acceptors (Lipinski definition) is 7. The quantitative estimate of drug-likeness (QED) is 0.144. The van der Waals surface area contributed by atoms with Crippen LogP contribution in [0.4, 0.5) is 10.1 Å². The molecule has 2 aliphatic rings. The topological polar surface area (TPSA) is 107 Å². The zero-order valence-corrected chi connectivity index (χ0v) is 35.2. The van der Waals surface area contributed by atoms with Crippen LogP contribution in [0.5, 0.6) is 0 Å². The van der Waals surface area contributed by atoms with Crippen LogP contribution >= 0.6 is 0 Å². The third-order valence-corrected chi connectivity index (χ3v) is 17.4. The lowest BCUT2D eigenvalue weighted by atomic mass is 9.74. The molecule has 4 aromatic rings. The lowest BCUT2D eigenvalue weighted by Crippen LogP contribution is -2.45. The molecule has 290 valence electrons. The van der Waals surface area contributed by atoms with Crippen molar-refractivity contribution in [3.63, 3.8) is 0 Å². The number of fused-ring (bicyclic) bond motifs is 1. The number of hydrogen-bond donors (Lipinski definition) is 1. The molecule has 1 amide bonds. The summed E-state index contributed by atoms with van der Waals surface area (Å²) in [5.41, 5.74) is 3.23. The normalized spacial score (nSPS) is 17.9. The van der Waals surface area contributed by atoms with E-state index in [2.05, 4.69) is 39.2 Å². The molecule has 2 fully saturated rings. The summed E-state index contributed by atoms with van der Waals surface area (Å²) >= 11 is 0. The number of rotatable bonds is 12. The summed E-state index contributed by atoms with van der Waals surface area (Å²) in [5, 5.41) is 3.17. The molecule has 6 rings (SSSR count). The monoisotopic (exact) mass is 776 g/mol. The van der Waals surface area contributed by atoms with Crippen molar-refractivity contribution in [2.45, 2.75) is 109 Å². The van der Waals surface area contributed by atoms with Crippen LogP contribution < -0.4 is 15.1 Å². The van der Waals surface area contributed by atoms with Gasteiger partial charge in [-0.2, -0.15) is 0 Å². The highest BCUT2D eigenvalue weighted by atomic mass is 32.2. The predicted molar refractivity (Wildman–Crippen MR) is 217 cm³/mol. The van der Waals surface area contributed by atoms with E-state index < -0.39 is 48.6 Å². The zero-order chi connectivity index (χ0) is 39.6. The third-order valence-electron chi connectivity index (χ3n) is 11.8.